The average Bonchev–Trinajstić information content (AvgIpc) is 3.10. The fraction of sp³-hybridized carbons (Fsp3) is 0.348. The molecule has 0 unspecified atom stereocenters. The van der Waals surface area contributed by atoms with E-state index in [1.165, 1.54) is 18.3 Å². The van der Waals surface area contributed by atoms with E-state index in [1.54, 1.807) is 39.3 Å². The Hall–Kier alpha value is -3.04. The van der Waals surface area contributed by atoms with Gasteiger partial charge in [0.25, 0.3) is 0 Å². The number of para-hydroxylation sites is 1. The van der Waals surface area contributed by atoms with Gasteiger partial charge in [0.1, 0.15) is 0 Å². The van der Waals surface area contributed by atoms with Crippen LogP contribution in [0.2, 0.25) is 0 Å². The van der Waals surface area contributed by atoms with Crippen molar-refractivity contribution < 1.29 is 13.2 Å². The molecule has 0 bridgehead atoms. The van der Waals surface area contributed by atoms with E-state index < -0.39 is 10.0 Å². The number of aryl methyl sites for hydroxylation is 1. The van der Waals surface area contributed by atoms with E-state index >= 15 is 0 Å². The first-order valence-electron chi connectivity index (χ1n) is 10.8. The summed E-state index contributed by atoms with van der Waals surface area (Å²) in [5, 5.41) is 7.48. The number of nitrogens with zero attached hydrogens (tertiary/aromatic N) is 3. The van der Waals surface area contributed by atoms with E-state index in [2.05, 4.69) is 10.4 Å². The maximum atomic E-state index is 12.9. The second-order valence-electron chi connectivity index (χ2n) is 7.89. The molecule has 32 heavy (non-hydrogen) atoms. The summed E-state index contributed by atoms with van der Waals surface area (Å²) in [5.74, 6) is -0.224. The molecule has 1 amide bonds. The first kappa shape index (κ1) is 22.2. The molecule has 4 rings (SSSR count). The lowest BCUT2D eigenvalue weighted by Crippen LogP contribution is -2.31. The number of sulfonamides is 1. The highest BCUT2D eigenvalue weighted by atomic mass is 32.2. The normalized spacial score (nSPS) is 15.4. The molecule has 1 aliphatic rings. The number of aromatic nitrogens is 2. The number of fused-ring (bicyclic) bond motifs is 1. The Morgan fingerprint density at radius 3 is 2.38 bits per heavy atom. The quantitative estimate of drug-likeness (QED) is 0.617. The Kier molecular flexibility index (Phi) is 6.66. The molecule has 1 fully saturated rings. The SMILES string of the molecule is O=C(CCn1ncc(=O)c2ccccc21)Nc1ccc(S(=O)(=O)N2CCCCCC2)cc1. The van der Waals surface area contributed by atoms with E-state index in [0.29, 0.717) is 36.2 Å². The number of carbonyl (C=O) groups excluding carboxylic acids is 1. The van der Waals surface area contributed by atoms with Crippen LogP contribution in [0.1, 0.15) is 32.1 Å². The standard InChI is InChI=1S/C23H26N4O4S/c28-22-17-24-27(21-8-4-3-7-20(21)22)16-13-23(29)25-18-9-11-19(12-10-18)32(30,31)26-14-5-1-2-6-15-26/h3-4,7-12,17H,1-2,5-6,13-16H2,(H,25,29). The van der Waals surface area contributed by atoms with Crippen LogP contribution >= 0.6 is 0 Å². The molecule has 3 aromatic rings. The highest BCUT2D eigenvalue weighted by Gasteiger charge is 2.25. The molecule has 0 aliphatic carbocycles. The van der Waals surface area contributed by atoms with Gasteiger partial charge >= 0.3 is 0 Å². The van der Waals surface area contributed by atoms with E-state index in [0.717, 1.165) is 25.7 Å². The van der Waals surface area contributed by atoms with Crippen LogP contribution in [0.25, 0.3) is 10.9 Å². The Balaban J connectivity index is 1.39. The van der Waals surface area contributed by atoms with Crippen molar-refractivity contribution in [3.8, 4) is 0 Å². The molecule has 0 radical (unpaired) electrons. The van der Waals surface area contributed by atoms with Crippen molar-refractivity contribution in [3.05, 3.63) is 65.0 Å². The van der Waals surface area contributed by atoms with Crippen LogP contribution in [0, 0.1) is 0 Å². The lowest BCUT2D eigenvalue weighted by molar-refractivity contribution is -0.116. The summed E-state index contributed by atoms with van der Waals surface area (Å²) >= 11 is 0. The van der Waals surface area contributed by atoms with Gasteiger partial charge in [0.2, 0.25) is 21.4 Å². The first-order valence-corrected chi connectivity index (χ1v) is 12.2. The third-order valence-electron chi connectivity index (χ3n) is 5.65. The zero-order valence-electron chi connectivity index (χ0n) is 17.7. The fourth-order valence-corrected chi connectivity index (χ4v) is 5.43. The second-order valence-corrected chi connectivity index (χ2v) is 9.83. The van der Waals surface area contributed by atoms with Crippen LogP contribution in [-0.2, 0) is 21.4 Å². The van der Waals surface area contributed by atoms with Crippen molar-refractivity contribution in [1.29, 1.82) is 0 Å². The minimum Gasteiger partial charge on any atom is -0.326 e. The van der Waals surface area contributed by atoms with Crippen LogP contribution < -0.4 is 10.7 Å². The van der Waals surface area contributed by atoms with Crippen LogP contribution in [0.4, 0.5) is 5.69 Å². The summed E-state index contributed by atoms with van der Waals surface area (Å²) in [6, 6.07) is 13.4. The molecule has 1 aromatic heterocycles. The molecule has 2 aromatic carbocycles. The molecule has 1 saturated heterocycles. The van der Waals surface area contributed by atoms with Gasteiger partial charge in [-0.15, -0.1) is 0 Å². The van der Waals surface area contributed by atoms with Gasteiger partial charge in [0.05, 0.1) is 23.2 Å². The largest absolute Gasteiger partial charge is 0.326 e. The Bertz CT molecular complexity index is 1260. The van der Waals surface area contributed by atoms with Gasteiger partial charge in [-0.2, -0.15) is 9.40 Å². The summed E-state index contributed by atoms with van der Waals surface area (Å²) in [7, 11) is -3.52. The second kappa shape index (κ2) is 9.62. The van der Waals surface area contributed by atoms with Gasteiger partial charge in [-0.1, -0.05) is 25.0 Å². The van der Waals surface area contributed by atoms with Crippen LogP contribution in [-0.4, -0.2) is 41.5 Å². The number of carbonyl (C=O) groups is 1. The maximum Gasteiger partial charge on any atom is 0.243 e. The van der Waals surface area contributed by atoms with E-state index in [-0.39, 0.29) is 22.7 Å². The number of hydrogen-bond acceptors (Lipinski definition) is 5. The lowest BCUT2D eigenvalue weighted by atomic mass is 10.2. The van der Waals surface area contributed by atoms with Crippen molar-refractivity contribution in [2.75, 3.05) is 18.4 Å². The zero-order valence-corrected chi connectivity index (χ0v) is 18.6. The highest BCUT2D eigenvalue weighted by Crippen LogP contribution is 2.22. The number of hydrogen-bond donors (Lipinski definition) is 1. The van der Waals surface area contributed by atoms with Crippen LogP contribution in [0.5, 0.6) is 0 Å². The van der Waals surface area contributed by atoms with E-state index in [1.807, 2.05) is 6.07 Å². The van der Waals surface area contributed by atoms with Crippen molar-refractivity contribution in [2.24, 2.45) is 0 Å². The Labute approximate surface area is 186 Å². The number of rotatable bonds is 6. The predicted octanol–water partition coefficient (Wildman–Crippen LogP) is 2.99. The smallest absolute Gasteiger partial charge is 0.243 e. The monoisotopic (exact) mass is 454 g/mol. The zero-order chi connectivity index (χ0) is 22.6. The maximum absolute atomic E-state index is 12.9. The molecule has 1 N–H and O–H groups in total. The van der Waals surface area contributed by atoms with Crippen LogP contribution in [0.15, 0.2) is 64.4 Å². The molecule has 0 saturated carbocycles. The van der Waals surface area contributed by atoms with Gasteiger partial charge in [-0.05, 0) is 49.2 Å². The van der Waals surface area contributed by atoms with Crippen molar-refractivity contribution in [2.45, 2.75) is 43.5 Å². The van der Waals surface area contributed by atoms with Gasteiger partial charge in [-0.25, -0.2) is 8.42 Å². The summed E-state index contributed by atoms with van der Waals surface area (Å²) in [4.78, 5) is 24.6. The molecule has 0 spiro atoms. The van der Waals surface area contributed by atoms with Gasteiger partial charge < -0.3 is 5.32 Å². The van der Waals surface area contributed by atoms with Crippen LogP contribution in [0.3, 0.4) is 0 Å². The summed E-state index contributed by atoms with van der Waals surface area (Å²) in [5.41, 5.74) is 1.05. The lowest BCUT2D eigenvalue weighted by Gasteiger charge is -2.20. The van der Waals surface area contributed by atoms with E-state index in [4.69, 9.17) is 0 Å². The van der Waals surface area contributed by atoms with Crippen molar-refractivity contribution in [1.82, 2.24) is 14.1 Å². The predicted molar refractivity (Wildman–Crippen MR) is 123 cm³/mol. The van der Waals surface area contributed by atoms with Gasteiger partial charge in [-0.3, -0.25) is 14.3 Å². The summed E-state index contributed by atoms with van der Waals surface area (Å²) in [6.45, 7) is 1.41. The third kappa shape index (κ3) is 4.89. The minimum absolute atomic E-state index is 0.156. The number of anilines is 1. The average molecular weight is 455 g/mol. The number of nitrogens with one attached hydrogen (secondary N) is 1. The molecule has 168 valence electrons. The summed E-state index contributed by atoms with van der Waals surface area (Å²) in [6.07, 6.45) is 5.29. The number of amides is 1. The molecule has 2 heterocycles. The molecular formula is C23H26N4O4S. The fourth-order valence-electron chi connectivity index (χ4n) is 3.91. The van der Waals surface area contributed by atoms with Crippen molar-refractivity contribution >= 4 is 32.5 Å². The van der Waals surface area contributed by atoms with Crippen molar-refractivity contribution in [3.63, 3.8) is 0 Å². The molecule has 8 nitrogen and oxygen atoms in total. The Morgan fingerprint density at radius 1 is 0.969 bits per heavy atom. The molecule has 1 aliphatic heterocycles. The summed E-state index contributed by atoms with van der Waals surface area (Å²) < 4.78 is 28.9. The highest BCUT2D eigenvalue weighted by molar-refractivity contribution is 7.89. The Morgan fingerprint density at radius 2 is 1.66 bits per heavy atom. The first-order chi connectivity index (χ1) is 15.4. The number of benzene rings is 2. The van der Waals surface area contributed by atoms with E-state index in [9.17, 15) is 18.0 Å². The molecule has 9 heteroatoms. The third-order valence-corrected chi connectivity index (χ3v) is 7.57. The van der Waals surface area contributed by atoms with Gasteiger partial charge in [0, 0.05) is 30.6 Å². The molecular weight excluding hydrogens is 428 g/mol. The topological polar surface area (TPSA) is 101 Å². The van der Waals surface area contributed by atoms with Gasteiger partial charge in [0.15, 0.2) is 0 Å². The molecule has 0 atom stereocenters. The minimum atomic E-state index is -3.52.